The lowest BCUT2D eigenvalue weighted by molar-refractivity contribution is 0.581. The molecular formula is C10H11F2N3. The van der Waals surface area contributed by atoms with E-state index in [4.69, 9.17) is 0 Å². The van der Waals surface area contributed by atoms with Crippen molar-refractivity contribution in [1.29, 1.82) is 0 Å². The van der Waals surface area contributed by atoms with Gasteiger partial charge in [-0.25, -0.2) is 8.78 Å². The molecule has 1 heterocycles. The van der Waals surface area contributed by atoms with Crippen LogP contribution in [0.2, 0.25) is 0 Å². The first-order chi connectivity index (χ1) is 7.25. The second-order valence-corrected chi connectivity index (χ2v) is 3.25. The maximum atomic E-state index is 13.2. The van der Waals surface area contributed by atoms with Crippen LogP contribution in [-0.4, -0.2) is 19.0 Å². The van der Waals surface area contributed by atoms with Gasteiger partial charge in [0, 0.05) is 18.7 Å². The van der Waals surface area contributed by atoms with Crippen LogP contribution in [0.3, 0.4) is 0 Å². The van der Waals surface area contributed by atoms with E-state index >= 15 is 0 Å². The van der Waals surface area contributed by atoms with E-state index in [0.29, 0.717) is 18.1 Å². The molecule has 1 aliphatic rings. The van der Waals surface area contributed by atoms with E-state index in [1.807, 2.05) is 0 Å². The highest BCUT2D eigenvalue weighted by Gasteiger charge is 2.07. The Morgan fingerprint density at radius 2 is 2.27 bits per heavy atom. The van der Waals surface area contributed by atoms with Crippen molar-refractivity contribution in [1.82, 2.24) is 10.6 Å². The third kappa shape index (κ3) is 2.43. The van der Waals surface area contributed by atoms with E-state index in [2.05, 4.69) is 15.6 Å². The Morgan fingerprint density at radius 3 is 3.00 bits per heavy atom. The highest BCUT2D eigenvalue weighted by atomic mass is 19.1. The summed E-state index contributed by atoms with van der Waals surface area (Å²) in [5, 5.41) is 5.88. The van der Waals surface area contributed by atoms with Crippen molar-refractivity contribution in [3.8, 4) is 0 Å². The van der Waals surface area contributed by atoms with Gasteiger partial charge in [0.1, 0.15) is 11.6 Å². The van der Waals surface area contributed by atoms with Crippen LogP contribution in [0.1, 0.15) is 5.56 Å². The first-order valence-corrected chi connectivity index (χ1v) is 4.72. The van der Waals surface area contributed by atoms with Crippen LogP contribution < -0.4 is 10.6 Å². The topological polar surface area (TPSA) is 36.4 Å². The van der Waals surface area contributed by atoms with Crippen molar-refractivity contribution in [3.05, 3.63) is 35.4 Å². The minimum Gasteiger partial charge on any atom is -0.355 e. The Balaban J connectivity index is 2.00. The monoisotopic (exact) mass is 211 g/mol. The summed E-state index contributed by atoms with van der Waals surface area (Å²) < 4.78 is 26.0. The van der Waals surface area contributed by atoms with E-state index in [-0.39, 0.29) is 6.54 Å². The summed E-state index contributed by atoms with van der Waals surface area (Å²) in [4.78, 5) is 4.08. The van der Waals surface area contributed by atoms with Crippen molar-refractivity contribution < 1.29 is 8.78 Å². The molecule has 0 amide bonds. The highest BCUT2D eigenvalue weighted by molar-refractivity contribution is 5.81. The van der Waals surface area contributed by atoms with Gasteiger partial charge in [-0.2, -0.15) is 0 Å². The predicted octanol–water partition coefficient (Wildman–Crippen LogP) is 1.01. The lowest BCUT2D eigenvalue weighted by Gasteiger charge is -2.07. The van der Waals surface area contributed by atoms with Gasteiger partial charge in [0.15, 0.2) is 5.96 Å². The summed E-state index contributed by atoms with van der Waals surface area (Å²) in [6, 6.07) is 3.40. The van der Waals surface area contributed by atoms with Gasteiger partial charge in [0.25, 0.3) is 0 Å². The molecule has 0 bridgehead atoms. The third-order valence-corrected chi connectivity index (χ3v) is 2.13. The third-order valence-electron chi connectivity index (χ3n) is 2.13. The maximum absolute atomic E-state index is 13.2. The van der Waals surface area contributed by atoms with E-state index in [0.717, 1.165) is 18.7 Å². The van der Waals surface area contributed by atoms with Gasteiger partial charge in [-0.05, 0) is 18.2 Å². The van der Waals surface area contributed by atoms with Crippen molar-refractivity contribution in [2.75, 3.05) is 13.1 Å². The Kier molecular flexibility index (Phi) is 2.80. The fourth-order valence-electron chi connectivity index (χ4n) is 1.37. The molecule has 1 aromatic rings. The Labute approximate surface area is 86.2 Å². The quantitative estimate of drug-likeness (QED) is 0.766. The minimum absolute atomic E-state index is 0.232. The van der Waals surface area contributed by atoms with Gasteiger partial charge < -0.3 is 10.6 Å². The van der Waals surface area contributed by atoms with Gasteiger partial charge in [-0.1, -0.05) is 0 Å². The Morgan fingerprint density at radius 1 is 1.40 bits per heavy atom. The van der Waals surface area contributed by atoms with Crippen molar-refractivity contribution in [2.45, 2.75) is 6.54 Å². The number of benzene rings is 1. The summed E-state index contributed by atoms with van der Waals surface area (Å²) in [5.74, 6) is -0.212. The molecule has 1 aliphatic heterocycles. The number of nitrogens with one attached hydrogen (secondary N) is 2. The highest BCUT2D eigenvalue weighted by Crippen LogP contribution is 2.09. The van der Waals surface area contributed by atoms with E-state index in [9.17, 15) is 8.78 Å². The van der Waals surface area contributed by atoms with Crippen LogP contribution in [0.4, 0.5) is 8.78 Å². The summed E-state index contributed by atoms with van der Waals surface area (Å²) >= 11 is 0. The van der Waals surface area contributed by atoms with Crippen LogP contribution in [0.5, 0.6) is 0 Å². The number of halogens is 2. The zero-order valence-corrected chi connectivity index (χ0v) is 8.06. The molecule has 2 N–H and O–H groups in total. The molecule has 0 saturated heterocycles. The normalized spacial score (nSPS) is 14.7. The van der Waals surface area contributed by atoms with E-state index in [1.165, 1.54) is 6.07 Å². The van der Waals surface area contributed by atoms with Crippen LogP contribution in [0.15, 0.2) is 23.2 Å². The summed E-state index contributed by atoms with van der Waals surface area (Å²) in [7, 11) is 0. The van der Waals surface area contributed by atoms with Crippen LogP contribution in [-0.2, 0) is 6.54 Å². The molecule has 2 rings (SSSR count). The van der Waals surface area contributed by atoms with Crippen LogP contribution in [0, 0.1) is 11.6 Å². The van der Waals surface area contributed by atoms with Gasteiger partial charge in [0.05, 0.1) is 6.54 Å². The van der Waals surface area contributed by atoms with Gasteiger partial charge in [-0.3, -0.25) is 4.99 Å². The van der Waals surface area contributed by atoms with Gasteiger partial charge in [-0.15, -0.1) is 0 Å². The van der Waals surface area contributed by atoms with E-state index in [1.54, 1.807) is 0 Å². The number of guanidine groups is 1. The molecule has 0 fully saturated rings. The number of aliphatic imine (C=N–C) groups is 1. The lowest BCUT2D eigenvalue weighted by Crippen LogP contribution is -2.33. The largest absolute Gasteiger partial charge is 0.355 e. The second-order valence-electron chi connectivity index (χ2n) is 3.25. The molecule has 1 aromatic carbocycles. The number of hydrogen-bond acceptors (Lipinski definition) is 3. The molecule has 80 valence electrons. The number of rotatable bonds is 2. The molecule has 0 aliphatic carbocycles. The van der Waals surface area contributed by atoms with Crippen LogP contribution >= 0.6 is 0 Å². The zero-order valence-electron chi connectivity index (χ0n) is 8.06. The molecule has 0 saturated carbocycles. The van der Waals surface area contributed by atoms with Crippen molar-refractivity contribution in [2.24, 2.45) is 4.99 Å². The fraction of sp³-hybridized carbons (Fsp3) is 0.300. The van der Waals surface area contributed by atoms with Crippen molar-refractivity contribution >= 4 is 5.96 Å². The molecule has 3 nitrogen and oxygen atoms in total. The smallest absolute Gasteiger partial charge is 0.191 e. The standard InChI is InChI=1S/C10H11F2N3/c11-8-1-2-9(12)7(5-8)6-15-10-13-3-4-14-10/h1-2,5H,3-4,6H2,(H2,13,14,15). The lowest BCUT2D eigenvalue weighted by atomic mass is 10.2. The molecular weight excluding hydrogens is 200 g/mol. The summed E-state index contributed by atoms with van der Waals surface area (Å²) in [6.45, 7) is 1.73. The maximum Gasteiger partial charge on any atom is 0.191 e. The first kappa shape index (κ1) is 9.89. The molecule has 0 radical (unpaired) electrons. The molecule has 0 unspecified atom stereocenters. The molecule has 15 heavy (non-hydrogen) atoms. The average molecular weight is 211 g/mol. The average Bonchev–Trinajstić information content (AvgIpc) is 2.72. The summed E-state index contributed by atoms with van der Waals surface area (Å²) in [5.41, 5.74) is 0.298. The van der Waals surface area contributed by atoms with Gasteiger partial charge in [0.2, 0.25) is 0 Å². The minimum atomic E-state index is -0.436. The summed E-state index contributed by atoms with van der Waals surface area (Å²) in [6.07, 6.45) is 0. The molecule has 0 atom stereocenters. The SMILES string of the molecule is Fc1ccc(F)c(CNC2=NCCN2)c1. The predicted molar refractivity (Wildman–Crippen MR) is 53.5 cm³/mol. The Hall–Kier alpha value is -1.65. The fourth-order valence-corrected chi connectivity index (χ4v) is 1.37. The first-order valence-electron chi connectivity index (χ1n) is 4.72. The zero-order chi connectivity index (χ0) is 10.7. The second kappa shape index (κ2) is 4.25. The molecule has 0 spiro atoms. The van der Waals surface area contributed by atoms with Crippen molar-refractivity contribution in [3.63, 3.8) is 0 Å². The van der Waals surface area contributed by atoms with Crippen LogP contribution in [0.25, 0.3) is 0 Å². The molecule has 0 aromatic heterocycles. The number of nitrogens with zero attached hydrogens (tertiary/aromatic N) is 1. The van der Waals surface area contributed by atoms with Gasteiger partial charge >= 0.3 is 0 Å². The van der Waals surface area contributed by atoms with E-state index < -0.39 is 11.6 Å². The molecule has 5 heteroatoms. The Bertz CT molecular complexity index is 390. The number of hydrogen-bond donors (Lipinski definition) is 2.